The molecule has 1 saturated heterocycles. The van der Waals surface area contributed by atoms with Crippen molar-refractivity contribution in [3.63, 3.8) is 0 Å². The number of piperidine rings is 1. The number of aromatic nitrogens is 1. The van der Waals surface area contributed by atoms with Crippen LogP contribution in [0.1, 0.15) is 41.3 Å². The first-order valence-electron chi connectivity index (χ1n) is 11.3. The molecule has 5 rings (SSSR count). The Kier molecular flexibility index (Phi) is 5.68. The molecule has 2 atom stereocenters. The predicted octanol–water partition coefficient (Wildman–Crippen LogP) is 4.49. The molecular weight excluding hydrogens is 435 g/mol. The predicted molar refractivity (Wildman–Crippen MR) is 116 cm³/mol. The van der Waals surface area contributed by atoms with Crippen LogP contribution >= 0.6 is 0 Å². The maximum absolute atomic E-state index is 13.2. The van der Waals surface area contributed by atoms with E-state index in [4.69, 9.17) is 9.47 Å². The van der Waals surface area contributed by atoms with Crippen molar-refractivity contribution in [3.05, 3.63) is 47.2 Å². The van der Waals surface area contributed by atoms with E-state index >= 15 is 0 Å². The molecule has 4 heterocycles. The molecule has 0 saturated carbocycles. The summed E-state index contributed by atoms with van der Waals surface area (Å²) in [6.45, 7) is 3.68. The topological polar surface area (TPSA) is 54.9 Å². The smallest absolute Gasteiger partial charge is 0.393 e. The SMILES string of the molecule is CC1Cc2cc(N3CCOc4cc(C(=O)N5CCC[C@@H](C(F)(F)F)C5)cnc43)ccc2CO1. The number of pyridine rings is 1. The first-order chi connectivity index (χ1) is 15.8. The lowest BCUT2D eigenvalue weighted by molar-refractivity contribution is -0.184. The Bertz CT molecular complexity index is 1060. The van der Waals surface area contributed by atoms with Gasteiger partial charge in [0.1, 0.15) is 6.61 Å². The molecule has 0 N–H and O–H groups in total. The van der Waals surface area contributed by atoms with Gasteiger partial charge in [0.05, 0.1) is 30.7 Å². The first kappa shape index (κ1) is 22.0. The van der Waals surface area contributed by atoms with E-state index in [1.54, 1.807) is 6.07 Å². The van der Waals surface area contributed by atoms with Crippen molar-refractivity contribution in [2.24, 2.45) is 5.92 Å². The lowest BCUT2D eigenvalue weighted by atomic mass is 9.97. The van der Waals surface area contributed by atoms with Gasteiger partial charge in [-0.1, -0.05) is 6.07 Å². The van der Waals surface area contributed by atoms with Crippen LogP contribution in [0.2, 0.25) is 0 Å². The van der Waals surface area contributed by atoms with Crippen molar-refractivity contribution < 1.29 is 27.4 Å². The number of nitrogens with zero attached hydrogens (tertiary/aromatic N) is 3. The van der Waals surface area contributed by atoms with Gasteiger partial charge in [0, 0.05) is 25.0 Å². The number of fused-ring (bicyclic) bond motifs is 2. The van der Waals surface area contributed by atoms with Gasteiger partial charge in [-0.2, -0.15) is 13.2 Å². The summed E-state index contributed by atoms with van der Waals surface area (Å²) in [7, 11) is 0. The molecule has 0 bridgehead atoms. The van der Waals surface area contributed by atoms with Gasteiger partial charge in [0.15, 0.2) is 11.6 Å². The maximum Gasteiger partial charge on any atom is 0.393 e. The lowest BCUT2D eigenvalue weighted by Gasteiger charge is -2.34. The van der Waals surface area contributed by atoms with Gasteiger partial charge < -0.3 is 19.3 Å². The summed E-state index contributed by atoms with van der Waals surface area (Å²) in [5.41, 5.74) is 3.66. The van der Waals surface area contributed by atoms with Crippen molar-refractivity contribution in [1.82, 2.24) is 9.88 Å². The Morgan fingerprint density at radius 2 is 2.03 bits per heavy atom. The van der Waals surface area contributed by atoms with E-state index in [2.05, 4.69) is 24.0 Å². The number of hydrogen-bond acceptors (Lipinski definition) is 5. The summed E-state index contributed by atoms with van der Waals surface area (Å²) in [5, 5.41) is 0. The van der Waals surface area contributed by atoms with E-state index in [1.807, 2.05) is 11.0 Å². The van der Waals surface area contributed by atoms with E-state index in [-0.39, 0.29) is 24.6 Å². The Hall–Kier alpha value is -2.81. The zero-order chi connectivity index (χ0) is 23.2. The van der Waals surface area contributed by atoms with Crippen LogP contribution in [0.3, 0.4) is 0 Å². The number of anilines is 2. The van der Waals surface area contributed by atoms with Crippen molar-refractivity contribution in [3.8, 4) is 5.75 Å². The average molecular weight is 461 g/mol. The number of alkyl halides is 3. The Morgan fingerprint density at radius 3 is 2.85 bits per heavy atom. The molecule has 0 radical (unpaired) electrons. The van der Waals surface area contributed by atoms with Gasteiger partial charge in [-0.3, -0.25) is 4.79 Å². The number of likely N-dealkylation sites (tertiary alicyclic amines) is 1. The van der Waals surface area contributed by atoms with E-state index in [1.165, 1.54) is 22.2 Å². The van der Waals surface area contributed by atoms with Crippen LogP contribution in [0.15, 0.2) is 30.5 Å². The van der Waals surface area contributed by atoms with Gasteiger partial charge in [0.2, 0.25) is 0 Å². The summed E-state index contributed by atoms with van der Waals surface area (Å²) in [6.07, 6.45) is -1.46. The molecule has 0 spiro atoms. The van der Waals surface area contributed by atoms with Crippen molar-refractivity contribution in [1.29, 1.82) is 0 Å². The molecule has 1 amide bonds. The summed E-state index contributed by atoms with van der Waals surface area (Å²) >= 11 is 0. The number of rotatable bonds is 2. The third-order valence-electron chi connectivity index (χ3n) is 6.61. The fraction of sp³-hybridized carbons (Fsp3) is 0.500. The van der Waals surface area contributed by atoms with E-state index < -0.39 is 18.0 Å². The zero-order valence-corrected chi connectivity index (χ0v) is 18.4. The zero-order valence-electron chi connectivity index (χ0n) is 18.4. The second kappa shape index (κ2) is 8.52. The molecule has 2 aromatic rings. The van der Waals surface area contributed by atoms with Crippen molar-refractivity contribution in [2.45, 2.75) is 45.1 Å². The molecule has 3 aliphatic heterocycles. The van der Waals surface area contributed by atoms with E-state index in [0.717, 1.165) is 12.1 Å². The minimum Gasteiger partial charge on any atom is -0.488 e. The number of hydrogen-bond donors (Lipinski definition) is 0. The average Bonchev–Trinajstić information content (AvgIpc) is 2.82. The third-order valence-corrected chi connectivity index (χ3v) is 6.61. The van der Waals surface area contributed by atoms with E-state index in [9.17, 15) is 18.0 Å². The summed E-state index contributed by atoms with van der Waals surface area (Å²) < 4.78 is 51.0. The summed E-state index contributed by atoms with van der Waals surface area (Å²) in [5.74, 6) is -0.858. The highest BCUT2D eigenvalue weighted by atomic mass is 19.4. The molecular formula is C24H26F3N3O3. The van der Waals surface area contributed by atoms with Crippen LogP contribution in [0.5, 0.6) is 5.75 Å². The highest BCUT2D eigenvalue weighted by Crippen LogP contribution is 2.38. The number of carbonyl (C=O) groups is 1. The fourth-order valence-corrected chi connectivity index (χ4v) is 4.79. The molecule has 1 fully saturated rings. The normalized spacial score (nSPS) is 22.9. The molecule has 176 valence electrons. The van der Waals surface area contributed by atoms with Crippen LogP contribution < -0.4 is 9.64 Å². The number of benzene rings is 1. The minimum absolute atomic E-state index is 0.0550. The number of carbonyl (C=O) groups excluding carboxylic acids is 1. The van der Waals surface area contributed by atoms with Gasteiger partial charge in [-0.25, -0.2) is 4.98 Å². The lowest BCUT2D eigenvalue weighted by Crippen LogP contribution is -2.44. The summed E-state index contributed by atoms with van der Waals surface area (Å²) in [4.78, 5) is 20.8. The van der Waals surface area contributed by atoms with Gasteiger partial charge in [-0.05, 0) is 55.5 Å². The third kappa shape index (κ3) is 4.38. The monoisotopic (exact) mass is 461 g/mol. The van der Waals surface area contributed by atoms with Crippen molar-refractivity contribution in [2.75, 3.05) is 31.1 Å². The van der Waals surface area contributed by atoms with E-state index in [0.29, 0.717) is 44.3 Å². The van der Waals surface area contributed by atoms with Gasteiger partial charge in [-0.15, -0.1) is 0 Å². The maximum atomic E-state index is 13.2. The van der Waals surface area contributed by atoms with Gasteiger partial charge >= 0.3 is 6.18 Å². The summed E-state index contributed by atoms with van der Waals surface area (Å²) in [6, 6.07) is 7.84. The molecule has 9 heteroatoms. The fourth-order valence-electron chi connectivity index (χ4n) is 4.79. The molecule has 6 nitrogen and oxygen atoms in total. The molecule has 33 heavy (non-hydrogen) atoms. The Labute approximate surface area is 190 Å². The Morgan fingerprint density at radius 1 is 1.18 bits per heavy atom. The molecule has 1 aromatic carbocycles. The Balaban J connectivity index is 1.38. The molecule has 1 unspecified atom stereocenters. The van der Waals surface area contributed by atoms with Crippen LogP contribution in [0.25, 0.3) is 0 Å². The largest absolute Gasteiger partial charge is 0.488 e. The number of halogens is 3. The van der Waals surface area contributed by atoms with Crippen molar-refractivity contribution >= 4 is 17.4 Å². The highest BCUT2D eigenvalue weighted by molar-refractivity contribution is 5.95. The number of amides is 1. The minimum atomic E-state index is -4.30. The van der Waals surface area contributed by atoms with Gasteiger partial charge in [0.25, 0.3) is 5.91 Å². The standard InChI is InChI=1S/C24H26F3N3O3/c1-15-9-17-10-20(5-4-16(17)14-33-15)30-7-8-32-21-11-18(12-28-22(21)30)23(31)29-6-2-3-19(13-29)24(25,26)27/h4-5,10-12,15,19H,2-3,6-9,13-14H2,1H3/t15?,19-/m1/s1. The van der Waals surface area contributed by atoms with Crippen LogP contribution in [-0.4, -0.2) is 54.3 Å². The molecule has 1 aromatic heterocycles. The van der Waals surface area contributed by atoms with Crippen LogP contribution in [-0.2, 0) is 17.8 Å². The molecule has 0 aliphatic carbocycles. The molecule has 3 aliphatic rings. The second-order valence-corrected chi connectivity index (χ2v) is 8.96. The van der Waals surface area contributed by atoms with Crippen LogP contribution in [0.4, 0.5) is 24.7 Å². The number of ether oxygens (including phenoxy) is 2. The van der Waals surface area contributed by atoms with Crippen LogP contribution in [0, 0.1) is 5.92 Å². The first-order valence-corrected chi connectivity index (χ1v) is 11.3. The second-order valence-electron chi connectivity index (χ2n) is 8.96. The highest BCUT2D eigenvalue weighted by Gasteiger charge is 2.43. The quantitative estimate of drug-likeness (QED) is 0.660.